The normalized spacial score (nSPS) is 25.6. The highest BCUT2D eigenvalue weighted by Gasteiger charge is 2.35. The summed E-state index contributed by atoms with van der Waals surface area (Å²) in [6.07, 6.45) is 2.93. The van der Waals surface area contributed by atoms with Crippen molar-refractivity contribution in [1.29, 1.82) is 0 Å². The maximum absolute atomic E-state index is 12.0. The predicted molar refractivity (Wildman–Crippen MR) is 50.2 cm³/mol. The fourth-order valence-electron chi connectivity index (χ4n) is 1.10. The van der Waals surface area contributed by atoms with Gasteiger partial charge in [-0.3, -0.25) is 4.52 Å². The Balaban J connectivity index is 2.34. The first kappa shape index (κ1) is 9.62. The molecule has 1 aromatic heterocycles. The van der Waals surface area contributed by atoms with Crippen molar-refractivity contribution in [2.45, 2.75) is 26.1 Å². The van der Waals surface area contributed by atoms with E-state index in [1.54, 1.807) is 13.8 Å². The number of hydrogen-bond donors (Lipinski definition) is 0. The van der Waals surface area contributed by atoms with Crippen LogP contribution in [-0.2, 0) is 15.7 Å². The molecule has 2 heterocycles. The van der Waals surface area contributed by atoms with Gasteiger partial charge >= 0.3 is 7.60 Å². The Morgan fingerprint density at radius 3 is 3.07 bits per heavy atom. The maximum atomic E-state index is 12.0. The highest BCUT2D eigenvalue weighted by molar-refractivity contribution is 7.55. The van der Waals surface area contributed by atoms with Crippen LogP contribution in [0.1, 0.15) is 19.5 Å². The lowest BCUT2D eigenvalue weighted by Crippen LogP contribution is -2.14. The molecule has 6 heteroatoms. The summed E-state index contributed by atoms with van der Waals surface area (Å²) >= 11 is 0. The molecule has 1 atom stereocenters. The minimum atomic E-state index is -3.00. The first-order valence-electron chi connectivity index (χ1n) is 4.34. The number of fused-ring (bicyclic) bond motifs is 1. The average molecular weight is 214 g/mol. The molecule has 2 rings (SSSR count). The minimum absolute atomic E-state index is 0.157. The SMILES string of the molecule is CC(C)P1(=O)OCc2ncncc2O1. The molecule has 0 saturated carbocycles. The van der Waals surface area contributed by atoms with Crippen LogP contribution in [0.15, 0.2) is 12.5 Å². The number of nitrogens with zero attached hydrogens (tertiary/aromatic N) is 2. The van der Waals surface area contributed by atoms with Gasteiger partial charge in [0.1, 0.15) is 18.6 Å². The van der Waals surface area contributed by atoms with Crippen LogP contribution in [0.25, 0.3) is 0 Å². The summed E-state index contributed by atoms with van der Waals surface area (Å²) in [4.78, 5) is 7.77. The van der Waals surface area contributed by atoms with Crippen molar-refractivity contribution in [2.24, 2.45) is 0 Å². The summed E-state index contributed by atoms with van der Waals surface area (Å²) in [7, 11) is -3.00. The van der Waals surface area contributed by atoms with E-state index in [-0.39, 0.29) is 12.3 Å². The third-order valence-electron chi connectivity index (χ3n) is 2.00. The molecular weight excluding hydrogens is 203 g/mol. The highest BCUT2D eigenvalue weighted by atomic mass is 31.2. The molecule has 0 aromatic carbocycles. The van der Waals surface area contributed by atoms with Crippen LogP contribution in [-0.4, -0.2) is 15.6 Å². The first-order valence-corrected chi connectivity index (χ1v) is 5.96. The van der Waals surface area contributed by atoms with Gasteiger partial charge in [-0.05, 0) is 0 Å². The topological polar surface area (TPSA) is 61.3 Å². The quantitative estimate of drug-likeness (QED) is 0.669. The van der Waals surface area contributed by atoms with E-state index in [1.807, 2.05) is 0 Å². The molecule has 0 spiro atoms. The van der Waals surface area contributed by atoms with Crippen molar-refractivity contribution in [3.8, 4) is 5.75 Å². The van der Waals surface area contributed by atoms with E-state index in [9.17, 15) is 4.57 Å². The molecule has 1 unspecified atom stereocenters. The van der Waals surface area contributed by atoms with E-state index in [1.165, 1.54) is 12.5 Å². The van der Waals surface area contributed by atoms with Gasteiger partial charge in [-0.15, -0.1) is 0 Å². The Bertz CT molecular complexity index is 394. The molecule has 76 valence electrons. The lowest BCUT2D eigenvalue weighted by Gasteiger charge is -2.26. The van der Waals surface area contributed by atoms with Crippen LogP contribution in [0.3, 0.4) is 0 Å². The first-order chi connectivity index (χ1) is 6.62. The second kappa shape index (κ2) is 3.33. The molecule has 5 nitrogen and oxygen atoms in total. The van der Waals surface area contributed by atoms with Crippen LogP contribution < -0.4 is 4.52 Å². The molecule has 0 aliphatic carbocycles. The Morgan fingerprint density at radius 2 is 2.36 bits per heavy atom. The van der Waals surface area contributed by atoms with E-state index in [0.717, 1.165) is 0 Å². The predicted octanol–water partition coefficient (Wildman–Crippen LogP) is 1.99. The van der Waals surface area contributed by atoms with Crippen molar-refractivity contribution < 1.29 is 13.6 Å². The Labute approximate surface area is 82.0 Å². The highest BCUT2D eigenvalue weighted by Crippen LogP contribution is 2.56. The molecule has 0 fully saturated rings. The zero-order valence-corrected chi connectivity index (χ0v) is 8.90. The summed E-state index contributed by atoms with van der Waals surface area (Å²) in [6, 6.07) is 0. The third-order valence-corrected chi connectivity index (χ3v) is 4.20. The van der Waals surface area contributed by atoms with E-state index < -0.39 is 7.60 Å². The van der Waals surface area contributed by atoms with E-state index >= 15 is 0 Å². The summed E-state index contributed by atoms with van der Waals surface area (Å²) in [5, 5.41) is 0. The van der Waals surface area contributed by atoms with E-state index in [2.05, 4.69) is 9.97 Å². The van der Waals surface area contributed by atoms with Gasteiger partial charge in [0, 0.05) is 0 Å². The molecule has 0 saturated heterocycles. The summed E-state index contributed by atoms with van der Waals surface area (Å²) in [5.41, 5.74) is 0.489. The zero-order chi connectivity index (χ0) is 10.2. The Hall–Kier alpha value is -0.930. The van der Waals surface area contributed by atoms with Gasteiger partial charge in [0.2, 0.25) is 0 Å². The minimum Gasteiger partial charge on any atom is -0.420 e. The molecule has 1 aliphatic rings. The van der Waals surface area contributed by atoms with E-state index in [4.69, 9.17) is 9.05 Å². The molecule has 1 aliphatic heterocycles. The molecule has 0 N–H and O–H groups in total. The maximum Gasteiger partial charge on any atom is 0.382 e. The van der Waals surface area contributed by atoms with Crippen LogP contribution in [0.2, 0.25) is 0 Å². The molecule has 0 amide bonds. The molecule has 1 aromatic rings. The van der Waals surface area contributed by atoms with Gasteiger partial charge in [-0.2, -0.15) is 0 Å². The van der Waals surface area contributed by atoms with Crippen molar-refractivity contribution in [2.75, 3.05) is 0 Å². The Morgan fingerprint density at radius 1 is 1.57 bits per heavy atom. The number of aromatic nitrogens is 2. The Kier molecular flexibility index (Phi) is 2.29. The van der Waals surface area contributed by atoms with Crippen molar-refractivity contribution in [3.05, 3.63) is 18.2 Å². The summed E-state index contributed by atoms with van der Waals surface area (Å²) in [6.45, 7) is 3.83. The smallest absolute Gasteiger partial charge is 0.382 e. The average Bonchev–Trinajstić information content (AvgIpc) is 2.17. The van der Waals surface area contributed by atoms with Gasteiger partial charge in [-0.25, -0.2) is 14.5 Å². The number of hydrogen-bond acceptors (Lipinski definition) is 5. The van der Waals surface area contributed by atoms with Crippen molar-refractivity contribution >= 4 is 7.60 Å². The molecular formula is C8H11N2O3P. The zero-order valence-electron chi connectivity index (χ0n) is 8.01. The second-order valence-electron chi connectivity index (χ2n) is 3.33. The fourth-order valence-corrected chi connectivity index (χ4v) is 2.39. The molecule has 0 bridgehead atoms. The second-order valence-corrected chi connectivity index (χ2v) is 5.89. The van der Waals surface area contributed by atoms with Gasteiger partial charge in [-0.1, -0.05) is 13.8 Å². The van der Waals surface area contributed by atoms with Crippen molar-refractivity contribution in [3.63, 3.8) is 0 Å². The standard InChI is InChI=1S/C8H11N2O3P/c1-6(2)14(11)12-4-7-8(13-14)3-9-5-10-7/h3,5-6H,4H2,1-2H3. The van der Waals surface area contributed by atoms with Gasteiger partial charge < -0.3 is 4.52 Å². The van der Waals surface area contributed by atoms with E-state index in [0.29, 0.717) is 11.4 Å². The largest absolute Gasteiger partial charge is 0.420 e. The van der Waals surface area contributed by atoms with Crippen LogP contribution >= 0.6 is 7.60 Å². The van der Waals surface area contributed by atoms with Crippen LogP contribution in [0.4, 0.5) is 0 Å². The number of rotatable bonds is 1. The summed E-state index contributed by atoms with van der Waals surface area (Å²) in [5.74, 6) is 0.468. The molecule has 0 radical (unpaired) electrons. The van der Waals surface area contributed by atoms with Crippen molar-refractivity contribution in [1.82, 2.24) is 9.97 Å². The summed E-state index contributed by atoms with van der Waals surface area (Å²) < 4.78 is 22.5. The van der Waals surface area contributed by atoms with Gasteiger partial charge in [0.25, 0.3) is 0 Å². The lowest BCUT2D eigenvalue weighted by atomic mass is 10.4. The fraction of sp³-hybridized carbons (Fsp3) is 0.500. The van der Waals surface area contributed by atoms with Gasteiger partial charge in [0.15, 0.2) is 5.75 Å². The monoisotopic (exact) mass is 214 g/mol. The lowest BCUT2D eigenvalue weighted by molar-refractivity contribution is 0.221. The van der Waals surface area contributed by atoms with Crippen LogP contribution in [0.5, 0.6) is 5.75 Å². The van der Waals surface area contributed by atoms with Crippen LogP contribution in [0, 0.1) is 0 Å². The van der Waals surface area contributed by atoms with Gasteiger partial charge in [0.05, 0.1) is 11.9 Å². The third kappa shape index (κ3) is 1.53. The molecule has 14 heavy (non-hydrogen) atoms.